The molecule has 33 heavy (non-hydrogen) atoms. The molecular weight excluding hydrogens is 435 g/mol. The van der Waals surface area contributed by atoms with Gasteiger partial charge in [-0.2, -0.15) is 0 Å². The van der Waals surface area contributed by atoms with E-state index in [1.54, 1.807) is 26.0 Å². The molecule has 0 unspecified atom stereocenters. The maximum absolute atomic E-state index is 14.5. The number of halogens is 1. The Bertz CT molecular complexity index is 1090. The molecule has 0 saturated carbocycles. The van der Waals surface area contributed by atoms with Crippen LogP contribution in [0.25, 0.3) is 0 Å². The second-order valence-corrected chi connectivity index (χ2v) is 10.2. The predicted octanol–water partition coefficient (Wildman–Crippen LogP) is 6.28. The lowest BCUT2D eigenvalue weighted by Crippen LogP contribution is -2.29. The summed E-state index contributed by atoms with van der Waals surface area (Å²) in [5.41, 5.74) is -0.946. The number of rotatable bonds is 7. The van der Waals surface area contributed by atoms with Crippen LogP contribution in [0.15, 0.2) is 93.5 Å². The summed E-state index contributed by atoms with van der Waals surface area (Å²) < 4.78 is 25.5. The molecule has 5 heteroatoms. The van der Waals surface area contributed by atoms with Gasteiger partial charge in [0.25, 0.3) is 0 Å². The van der Waals surface area contributed by atoms with Crippen LogP contribution in [0.3, 0.4) is 0 Å². The molecule has 0 amide bonds. The largest absolute Gasteiger partial charge is 0.479 e. The molecule has 0 aromatic heterocycles. The minimum absolute atomic E-state index is 0.0138. The Kier molecular flexibility index (Phi) is 8.19. The fourth-order valence-electron chi connectivity index (χ4n) is 3.04. The first-order valence-electron chi connectivity index (χ1n) is 10.8. The number of carbonyl (C=O) groups excluding carboxylic acids is 1. The molecule has 0 N–H and O–H groups in total. The summed E-state index contributed by atoms with van der Waals surface area (Å²) >= 11 is 0. The van der Waals surface area contributed by atoms with E-state index in [1.165, 1.54) is 6.07 Å². The Balaban J connectivity index is 1.81. The van der Waals surface area contributed by atoms with E-state index in [2.05, 4.69) is 36.1 Å². The molecule has 0 radical (unpaired) electrons. The SMILES string of the molecule is CC(C)C#CC(C)(C)OC(=O)COc1cc([S+](c2ccccc2)c2ccccc2)ccc1F. The molecule has 0 atom stereocenters. The van der Waals surface area contributed by atoms with Gasteiger partial charge in [0, 0.05) is 12.0 Å². The maximum Gasteiger partial charge on any atom is 0.345 e. The number of esters is 1. The van der Waals surface area contributed by atoms with Crippen molar-refractivity contribution in [3.8, 4) is 17.6 Å². The first-order chi connectivity index (χ1) is 15.7. The average molecular weight is 464 g/mol. The minimum atomic E-state index is -0.946. The summed E-state index contributed by atoms with van der Waals surface area (Å²) in [6.45, 7) is 6.95. The lowest BCUT2D eigenvalue weighted by molar-refractivity contribution is -0.154. The van der Waals surface area contributed by atoms with E-state index in [0.717, 1.165) is 14.7 Å². The van der Waals surface area contributed by atoms with Gasteiger partial charge in [-0.3, -0.25) is 0 Å². The van der Waals surface area contributed by atoms with Gasteiger partial charge in [-0.05, 0) is 50.2 Å². The van der Waals surface area contributed by atoms with Gasteiger partial charge < -0.3 is 9.47 Å². The molecule has 0 aliphatic carbocycles. The molecule has 0 bridgehead atoms. The first kappa shape index (κ1) is 24.4. The van der Waals surface area contributed by atoms with Crippen LogP contribution in [0.4, 0.5) is 4.39 Å². The zero-order valence-corrected chi connectivity index (χ0v) is 20.1. The smallest absolute Gasteiger partial charge is 0.345 e. The third-order valence-electron chi connectivity index (χ3n) is 4.47. The van der Waals surface area contributed by atoms with Crippen LogP contribution >= 0.6 is 0 Å². The molecule has 170 valence electrons. The summed E-state index contributed by atoms with van der Waals surface area (Å²) in [4.78, 5) is 15.4. The van der Waals surface area contributed by atoms with E-state index in [1.807, 2.05) is 50.2 Å². The Hall–Kier alpha value is -3.23. The zero-order valence-electron chi connectivity index (χ0n) is 19.3. The fraction of sp³-hybridized carbons (Fsp3) is 0.250. The summed E-state index contributed by atoms with van der Waals surface area (Å²) in [5, 5.41) is 0. The molecule has 3 aromatic rings. The number of hydrogen-bond donors (Lipinski definition) is 0. The van der Waals surface area contributed by atoms with Gasteiger partial charge in [-0.25, -0.2) is 9.18 Å². The van der Waals surface area contributed by atoms with Crippen molar-refractivity contribution < 1.29 is 18.7 Å². The van der Waals surface area contributed by atoms with Crippen LogP contribution in [0.1, 0.15) is 27.7 Å². The van der Waals surface area contributed by atoms with Gasteiger partial charge in [-0.15, -0.1) is 0 Å². The number of ether oxygens (including phenoxy) is 2. The van der Waals surface area contributed by atoms with Crippen LogP contribution in [0.2, 0.25) is 0 Å². The van der Waals surface area contributed by atoms with Crippen molar-refractivity contribution in [2.45, 2.75) is 48.0 Å². The van der Waals surface area contributed by atoms with Crippen LogP contribution in [-0.2, 0) is 20.4 Å². The van der Waals surface area contributed by atoms with E-state index in [-0.39, 0.29) is 11.7 Å². The highest BCUT2D eigenvalue weighted by Crippen LogP contribution is 2.33. The first-order valence-corrected chi connectivity index (χ1v) is 12.0. The van der Waals surface area contributed by atoms with E-state index in [9.17, 15) is 9.18 Å². The molecule has 0 aliphatic rings. The van der Waals surface area contributed by atoms with Gasteiger partial charge in [0.2, 0.25) is 0 Å². The molecule has 0 spiro atoms. The Morgan fingerprint density at radius 2 is 1.52 bits per heavy atom. The van der Waals surface area contributed by atoms with Gasteiger partial charge in [0.15, 0.2) is 38.5 Å². The van der Waals surface area contributed by atoms with Crippen LogP contribution in [-0.4, -0.2) is 18.2 Å². The van der Waals surface area contributed by atoms with E-state index >= 15 is 0 Å². The van der Waals surface area contributed by atoms with Crippen LogP contribution in [0.5, 0.6) is 5.75 Å². The highest BCUT2D eigenvalue weighted by molar-refractivity contribution is 7.97. The Morgan fingerprint density at radius 3 is 2.06 bits per heavy atom. The maximum atomic E-state index is 14.5. The zero-order chi connectivity index (χ0) is 23.8. The molecule has 0 saturated heterocycles. The van der Waals surface area contributed by atoms with Crippen molar-refractivity contribution in [2.24, 2.45) is 5.92 Å². The molecule has 0 heterocycles. The highest BCUT2D eigenvalue weighted by atomic mass is 32.2. The molecule has 0 aliphatic heterocycles. The quantitative estimate of drug-likeness (QED) is 0.235. The van der Waals surface area contributed by atoms with Crippen LogP contribution in [0, 0.1) is 23.6 Å². The summed E-state index contributed by atoms with van der Waals surface area (Å²) in [5.74, 6) is 4.98. The molecular formula is C28H28FO3S+. The molecule has 3 nitrogen and oxygen atoms in total. The Morgan fingerprint density at radius 1 is 0.939 bits per heavy atom. The van der Waals surface area contributed by atoms with Crippen molar-refractivity contribution >= 4 is 16.9 Å². The second kappa shape index (κ2) is 11.1. The van der Waals surface area contributed by atoms with Crippen molar-refractivity contribution in [1.82, 2.24) is 0 Å². The summed E-state index contributed by atoms with van der Waals surface area (Å²) in [6.07, 6.45) is 0. The predicted molar refractivity (Wildman–Crippen MR) is 130 cm³/mol. The molecule has 3 aromatic carbocycles. The van der Waals surface area contributed by atoms with Gasteiger partial charge in [-0.1, -0.05) is 62.1 Å². The minimum Gasteiger partial charge on any atom is -0.479 e. The van der Waals surface area contributed by atoms with Gasteiger partial charge in [0.1, 0.15) is 0 Å². The van der Waals surface area contributed by atoms with E-state index < -0.39 is 34.9 Å². The van der Waals surface area contributed by atoms with Crippen molar-refractivity contribution in [2.75, 3.05) is 6.61 Å². The normalized spacial score (nSPS) is 11.1. The standard InChI is InChI=1S/C28H28FO3S/c1-21(2)17-18-28(3,4)32-27(30)20-31-26-19-24(15-16-25(26)29)33(22-11-7-5-8-12-22)23-13-9-6-10-14-23/h5-16,19,21H,20H2,1-4H3/q+1. The third-order valence-corrected chi connectivity index (χ3v) is 6.69. The number of benzene rings is 3. The second-order valence-electron chi connectivity index (χ2n) is 8.22. The average Bonchev–Trinajstić information content (AvgIpc) is 2.79. The van der Waals surface area contributed by atoms with Crippen molar-refractivity contribution in [3.63, 3.8) is 0 Å². The Labute approximate surface area is 198 Å². The number of hydrogen-bond acceptors (Lipinski definition) is 3. The summed E-state index contributed by atoms with van der Waals surface area (Å²) in [7, 11) is -0.452. The third kappa shape index (κ3) is 7.13. The van der Waals surface area contributed by atoms with Crippen molar-refractivity contribution in [1.29, 1.82) is 0 Å². The monoisotopic (exact) mass is 463 g/mol. The molecule has 3 rings (SSSR count). The van der Waals surface area contributed by atoms with Gasteiger partial charge in [0.05, 0.1) is 10.9 Å². The lowest BCUT2D eigenvalue weighted by atomic mass is 10.1. The fourth-order valence-corrected chi connectivity index (χ4v) is 5.14. The van der Waals surface area contributed by atoms with Crippen molar-refractivity contribution in [3.05, 3.63) is 84.7 Å². The van der Waals surface area contributed by atoms with E-state index in [0.29, 0.717) is 0 Å². The number of carbonyl (C=O) groups is 1. The topological polar surface area (TPSA) is 35.5 Å². The van der Waals surface area contributed by atoms with Gasteiger partial charge >= 0.3 is 5.97 Å². The van der Waals surface area contributed by atoms with Crippen LogP contribution < -0.4 is 4.74 Å². The summed E-state index contributed by atoms with van der Waals surface area (Å²) in [6, 6.07) is 24.9. The highest BCUT2D eigenvalue weighted by Gasteiger charge is 2.30. The lowest BCUT2D eigenvalue weighted by Gasteiger charge is -2.19. The molecule has 0 fully saturated rings. The van der Waals surface area contributed by atoms with E-state index in [4.69, 9.17) is 9.47 Å².